The van der Waals surface area contributed by atoms with Crippen molar-refractivity contribution in [3.05, 3.63) is 29.8 Å². The number of nitrogens with zero attached hydrogens (tertiary/aromatic N) is 1. The number of likely N-dealkylation sites (N-methyl/N-ethyl adjacent to an activating group) is 1. The van der Waals surface area contributed by atoms with E-state index in [1.807, 2.05) is 0 Å². The summed E-state index contributed by atoms with van der Waals surface area (Å²) in [5.74, 6) is -2.11. The molecule has 0 aromatic heterocycles. The van der Waals surface area contributed by atoms with Gasteiger partial charge in [0, 0.05) is 13.1 Å². The number of hydrogen-bond acceptors (Lipinski definition) is 6. The van der Waals surface area contributed by atoms with Gasteiger partial charge in [0.25, 0.3) is 5.91 Å². The quantitative estimate of drug-likeness (QED) is 0.689. The Morgan fingerprint density at radius 3 is 2.30 bits per heavy atom. The van der Waals surface area contributed by atoms with Gasteiger partial charge in [0.1, 0.15) is 5.75 Å². The second-order valence-corrected chi connectivity index (χ2v) is 8.35. The highest BCUT2D eigenvalue weighted by Crippen LogP contribution is 2.23. The average molecular weight is 409 g/mol. The van der Waals surface area contributed by atoms with E-state index in [0.29, 0.717) is 6.42 Å². The smallest absolute Gasteiger partial charge is 0.449 e. The Morgan fingerprint density at radius 2 is 1.81 bits per heavy atom. The number of amides is 1. The minimum atomic E-state index is -4.85. The zero-order valence-electron chi connectivity index (χ0n) is 14.5. The second-order valence-electron chi connectivity index (χ2n) is 6.13. The summed E-state index contributed by atoms with van der Waals surface area (Å²) in [4.78, 5) is 25.6. The molecule has 0 aliphatic carbocycles. The van der Waals surface area contributed by atoms with Crippen molar-refractivity contribution in [1.29, 1.82) is 0 Å². The Bertz CT molecular complexity index is 806. The Morgan fingerprint density at radius 1 is 1.22 bits per heavy atom. The van der Waals surface area contributed by atoms with Crippen molar-refractivity contribution in [2.75, 3.05) is 18.6 Å². The molecule has 1 aromatic rings. The molecule has 1 aliphatic rings. The SMILES string of the molecule is C[C@@H](OC(=O)c1ccc(OC(F)(F)F)cc1)C(=O)N(C)[C@@H]1CCS(=O)(=O)C1. The van der Waals surface area contributed by atoms with E-state index in [4.69, 9.17) is 4.74 Å². The van der Waals surface area contributed by atoms with Crippen LogP contribution in [0.25, 0.3) is 0 Å². The average Bonchev–Trinajstić information content (AvgIpc) is 2.92. The Kier molecular flexibility index (Phi) is 6.03. The van der Waals surface area contributed by atoms with E-state index < -0.39 is 46.0 Å². The maximum atomic E-state index is 12.3. The van der Waals surface area contributed by atoms with Crippen LogP contribution in [0.4, 0.5) is 13.2 Å². The van der Waals surface area contributed by atoms with Crippen molar-refractivity contribution in [1.82, 2.24) is 4.90 Å². The standard InChI is InChI=1S/C16H18F3NO6S/c1-10(14(21)20(2)12-7-8-27(23,24)9-12)25-15(22)11-3-5-13(6-4-11)26-16(17,18)19/h3-6,10,12H,7-9H2,1-2H3/t10-,12-/m1/s1. The van der Waals surface area contributed by atoms with Gasteiger partial charge in [0.05, 0.1) is 17.1 Å². The molecule has 0 spiro atoms. The fraction of sp³-hybridized carbons (Fsp3) is 0.500. The largest absolute Gasteiger partial charge is 0.573 e. The number of esters is 1. The van der Waals surface area contributed by atoms with E-state index in [2.05, 4.69) is 4.74 Å². The third kappa shape index (κ3) is 5.84. The minimum absolute atomic E-state index is 0.00417. The molecule has 0 unspecified atom stereocenters. The zero-order chi connectivity index (χ0) is 20.4. The number of benzene rings is 1. The summed E-state index contributed by atoms with van der Waals surface area (Å²) in [5, 5.41) is 0. The molecule has 1 heterocycles. The Labute approximate surface area is 154 Å². The third-order valence-corrected chi connectivity index (χ3v) is 5.81. The van der Waals surface area contributed by atoms with Crippen LogP contribution >= 0.6 is 0 Å². The first-order chi connectivity index (χ1) is 12.4. The summed E-state index contributed by atoms with van der Waals surface area (Å²) >= 11 is 0. The van der Waals surface area contributed by atoms with Gasteiger partial charge in [-0.1, -0.05) is 0 Å². The molecular weight excluding hydrogens is 391 g/mol. The predicted octanol–water partition coefficient (Wildman–Crippen LogP) is 1.78. The predicted molar refractivity (Wildman–Crippen MR) is 87.8 cm³/mol. The fourth-order valence-electron chi connectivity index (χ4n) is 2.62. The number of carbonyl (C=O) groups excluding carboxylic acids is 2. The molecule has 0 radical (unpaired) electrons. The molecule has 150 valence electrons. The van der Waals surface area contributed by atoms with Gasteiger partial charge in [-0.25, -0.2) is 13.2 Å². The molecule has 2 rings (SSSR count). The van der Waals surface area contributed by atoms with Crippen molar-refractivity contribution in [2.45, 2.75) is 31.9 Å². The molecule has 1 saturated heterocycles. The monoisotopic (exact) mass is 409 g/mol. The van der Waals surface area contributed by atoms with E-state index in [-0.39, 0.29) is 17.1 Å². The van der Waals surface area contributed by atoms with Gasteiger partial charge in [-0.05, 0) is 37.6 Å². The van der Waals surface area contributed by atoms with Crippen molar-refractivity contribution in [2.24, 2.45) is 0 Å². The molecule has 27 heavy (non-hydrogen) atoms. The summed E-state index contributed by atoms with van der Waals surface area (Å²) < 4.78 is 68.1. The third-order valence-electron chi connectivity index (χ3n) is 4.06. The lowest BCUT2D eigenvalue weighted by Gasteiger charge is -2.26. The van der Waals surface area contributed by atoms with Crippen LogP contribution in [0.1, 0.15) is 23.7 Å². The molecule has 0 N–H and O–H groups in total. The summed E-state index contributed by atoms with van der Waals surface area (Å²) in [5.41, 5.74) is -0.0599. The van der Waals surface area contributed by atoms with Crippen molar-refractivity contribution >= 4 is 21.7 Å². The van der Waals surface area contributed by atoms with Gasteiger partial charge in [-0.15, -0.1) is 13.2 Å². The number of alkyl halides is 3. The van der Waals surface area contributed by atoms with Crippen molar-refractivity contribution in [3.63, 3.8) is 0 Å². The van der Waals surface area contributed by atoms with Crippen LogP contribution < -0.4 is 4.74 Å². The van der Waals surface area contributed by atoms with Crippen LogP contribution in [0.3, 0.4) is 0 Å². The maximum absolute atomic E-state index is 12.3. The molecule has 1 aromatic carbocycles. The first-order valence-corrected chi connectivity index (χ1v) is 9.74. The van der Waals surface area contributed by atoms with E-state index in [1.165, 1.54) is 18.9 Å². The van der Waals surface area contributed by atoms with E-state index in [9.17, 15) is 31.2 Å². The molecule has 2 atom stereocenters. The molecule has 11 heteroatoms. The highest BCUT2D eigenvalue weighted by Gasteiger charge is 2.35. The lowest BCUT2D eigenvalue weighted by Crippen LogP contribution is -2.44. The summed E-state index contributed by atoms with van der Waals surface area (Å²) in [7, 11) is -1.74. The number of halogens is 3. The van der Waals surface area contributed by atoms with Gasteiger partial charge in [-0.2, -0.15) is 0 Å². The normalized spacial score (nSPS) is 20.0. The lowest BCUT2D eigenvalue weighted by atomic mass is 10.2. The second kappa shape index (κ2) is 7.75. The fourth-order valence-corrected chi connectivity index (χ4v) is 4.39. The Hall–Kier alpha value is -2.30. The summed E-state index contributed by atoms with van der Waals surface area (Å²) in [6, 6.07) is 3.57. The van der Waals surface area contributed by atoms with Gasteiger partial charge in [0.2, 0.25) is 0 Å². The van der Waals surface area contributed by atoms with Crippen molar-refractivity contribution < 1.29 is 40.7 Å². The number of ether oxygens (including phenoxy) is 2. The first-order valence-electron chi connectivity index (χ1n) is 7.92. The zero-order valence-corrected chi connectivity index (χ0v) is 15.3. The van der Waals surface area contributed by atoms with Gasteiger partial charge >= 0.3 is 12.3 Å². The topological polar surface area (TPSA) is 90.0 Å². The number of rotatable bonds is 5. The van der Waals surface area contributed by atoms with Crippen molar-refractivity contribution in [3.8, 4) is 5.75 Å². The molecule has 7 nitrogen and oxygen atoms in total. The van der Waals surface area contributed by atoms with Gasteiger partial charge < -0.3 is 14.4 Å². The highest BCUT2D eigenvalue weighted by atomic mass is 32.2. The van der Waals surface area contributed by atoms with Crippen LogP contribution in [0.15, 0.2) is 24.3 Å². The van der Waals surface area contributed by atoms with Gasteiger partial charge in [0.15, 0.2) is 15.9 Å². The summed E-state index contributed by atoms with van der Waals surface area (Å²) in [6.07, 6.45) is -5.72. The lowest BCUT2D eigenvalue weighted by molar-refractivity contribution is -0.274. The first kappa shape index (κ1) is 21.0. The summed E-state index contributed by atoms with van der Waals surface area (Å²) in [6.45, 7) is 1.33. The van der Waals surface area contributed by atoms with E-state index in [0.717, 1.165) is 24.3 Å². The van der Waals surface area contributed by atoms with Crippen LogP contribution in [0, 0.1) is 0 Å². The molecule has 1 fully saturated rings. The van der Waals surface area contributed by atoms with E-state index in [1.54, 1.807) is 0 Å². The Balaban J connectivity index is 1.95. The number of sulfone groups is 1. The minimum Gasteiger partial charge on any atom is -0.449 e. The number of hydrogen-bond donors (Lipinski definition) is 0. The van der Waals surface area contributed by atoms with E-state index >= 15 is 0 Å². The van der Waals surface area contributed by atoms with Crippen LogP contribution in [0.5, 0.6) is 5.75 Å². The maximum Gasteiger partial charge on any atom is 0.573 e. The molecule has 0 bridgehead atoms. The van der Waals surface area contributed by atoms with Gasteiger partial charge in [-0.3, -0.25) is 4.79 Å². The molecule has 0 saturated carbocycles. The van der Waals surface area contributed by atoms with Crippen LogP contribution in [-0.2, 0) is 19.4 Å². The highest BCUT2D eigenvalue weighted by molar-refractivity contribution is 7.91. The number of carbonyl (C=O) groups is 2. The van der Waals surface area contributed by atoms with Crippen LogP contribution in [0.2, 0.25) is 0 Å². The molecular formula is C16H18F3NO6S. The molecule has 1 amide bonds. The molecule has 1 aliphatic heterocycles. The van der Waals surface area contributed by atoms with Crippen LogP contribution in [-0.4, -0.2) is 62.3 Å².